The van der Waals surface area contributed by atoms with Gasteiger partial charge in [0, 0.05) is 18.6 Å². The van der Waals surface area contributed by atoms with E-state index in [0.29, 0.717) is 29.8 Å². The maximum Gasteiger partial charge on any atom is 0.0727 e. The Morgan fingerprint density at radius 2 is 2.05 bits per heavy atom. The smallest absolute Gasteiger partial charge is 0.0727 e. The molecule has 0 radical (unpaired) electrons. The van der Waals surface area contributed by atoms with Crippen LogP contribution in [0.5, 0.6) is 0 Å². The summed E-state index contributed by atoms with van der Waals surface area (Å²) < 4.78 is 0. The fourth-order valence-electron chi connectivity index (χ4n) is 6.02. The van der Waals surface area contributed by atoms with Gasteiger partial charge in [-0.15, -0.1) is 6.58 Å². The monoisotopic (exact) mass is 304 g/mol. The minimum Gasteiger partial charge on any atom is -0.391 e. The quantitative estimate of drug-likeness (QED) is 0.786. The molecule has 3 nitrogen and oxygen atoms in total. The Bertz CT molecular complexity index is 410. The first-order valence-corrected chi connectivity index (χ1v) is 9.56. The Balaban J connectivity index is 1.47. The minimum atomic E-state index is -0.110. The summed E-state index contributed by atoms with van der Waals surface area (Å²) in [7, 11) is 0. The average molecular weight is 304 g/mol. The molecule has 4 saturated heterocycles. The second-order valence-corrected chi connectivity index (χ2v) is 8.20. The molecule has 124 valence electrons. The molecule has 2 N–H and O–H groups in total. The Morgan fingerprint density at radius 3 is 2.82 bits per heavy atom. The number of nitrogens with zero attached hydrogens (tertiary/aromatic N) is 1. The number of nitrogens with one attached hydrogen (secondary N) is 1. The van der Waals surface area contributed by atoms with Gasteiger partial charge < -0.3 is 10.4 Å². The van der Waals surface area contributed by atoms with Crippen molar-refractivity contribution in [2.75, 3.05) is 19.6 Å². The standard InChI is InChI=1S/C19H32N2O/c1-2-13-12-21-10-8-14(13)11-18(21)19(22)16-7-9-20-17-6-4-3-5-15(16)17/h2,13-20,22H,1,3-12H2. The highest BCUT2D eigenvalue weighted by molar-refractivity contribution is 5.03. The molecule has 3 heteroatoms. The molecule has 0 aromatic rings. The molecule has 1 aliphatic carbocycles. The lowest BCUT2D eigenvalue weighted by molar-refractivity contribution is -0.0853. The molecule has 1 saturated carbocycles. The number of piperidine rings is 4. The molecule has 22 heavy (non-hydrogen) atoms. The third kappa shape index (κ3) is 2.55. The topological polar surface area (TPSA) is 35.5 Å². The van der Waals surface area contributed by atoms with Crippen LogP contribution in [-0.2, 0) is 0 Å². The highest BCUT2D eigenvalue weighted by atomic mass is 16.3. The van der Waals surface area contributed by atoms with E-state index in [2.05, 4.69) is 22.9 Å². The zero-order valence-electron chi connectivity index (χ0n) is 13.8. The van der Waals surface area contributed by atoms with Gasteiger partial charge in [-0.05, 0) is 68.9 Å². The molecule has 4 heterocycles. The van der Waals surface area contributed by atoms with E-state index in [9.17, 15) is 5.11 Å². The average Bonchev–Trinajstić information content (AvgIpc) is 2.60. The first-order chi connectivity index (χ1) is 10.8. The largest absolute Gasteiger partial charge is 0.391 e. The Labute approximate surface area is 135 Å². The molecule has 2 bridgehead atoms. The molecule has 0 aromatic heterocycles. The van der Waals surface area contributed by atoms with Crippen LogP contribution in [0.25, 0.3) is 0 Å². The third-order valence-electron chi connectivity index (χ3n) is 7.24. The van der Waals surface area contributed by atoms with Crippen molar-refractivity contribution in [1.82, 2.24) is 10.2 Å². The van der Waals surface area contributed by atoms with Gasteiger partial charge in [0.1, 0.15) is 0 Å². The van der Waals surface area contributed by atoms with E-state index in [0.717, 1.165) is 19.0 Å². The highest BCUT2D eigenvalue weighted by Crippen LogP contribution is 2.43. The van der Waals surface area contributed by atoms with Crippen LogP contribution in [0.2, 0.25) is 0 Å². The lowest BCUT2D eigenvalue weighted by Gasteiger charge is -2.53. The van der Waals surface area contributed by atoms with Crippen molar-refractivity contribution in [3.8, 4) is 0 Å². The van der Waals surface area contributed by atoms with Crippen molar-refractivity contribution >= 4 is 0 Å². The second kappa shape index (κ2) is 6.26. The summed E-state index contributed by atoms with van der Waals surface area (Å²) in [6, 6.07) is 1.10. The van der Waals surface area contributed by atoms with Gasteiger partial charge >= 0.3 is 0 Å². The van der Waals surface area contributed by atoms with Gasteiger partial charge in [-0.3, -0.25) is 4.90 Å². The van der Waals surface area contributed by atoms with Gasteiger partial charge in [0.15, 0.2) is 0 Å². The Kier molecular flexibility index (Phi) is 4.31. The fourth-order valence-corrected chi connectivity index (χ4v) is 6.02. The van der Waals surface area contributed by atoms with Gasteiger partial charge in [-0.1, -0.05) is 18.9 Å². The number of fused-ring (bicyclic) bond motifs is 4. The third-order valence-corrected chi connectivity index (χ3v) is 7.24. The van der Waals surface area contributed by atoms with Crippen LogP contribution in [0.3, 0.4) is 0 Å². The van der Waals surface area contributed by atoms with Crippen molar-refractivity contribution in [3.05, 3.63) is 12.7 Å². The summed E-state index contributed by atoms with van der Waals surface area (Å²) in [5, 5.41) is 14.9. The van der Waals surface area contributed by atoms with Crippen LogP contribution in [0.1, 0.15) is 44.9 Å². The van der Waals surface area contributed by atoms with Gasteiger partial charge in [0.2, 0.25) is 0 Å². The summed E-state index contributed by atoms with van der Waals surface area (Å²) in [5.41, 5.74) is 0. The normalized spacial score (nSPS) is 49.4. The van der Waals surface area contributed by atoms with Crippen molar-refractivity contribution < 1.29 is 5.11 Å². The van der Waals surface area contributed by atoms with E-state index in [-0.39, 0.29) is 6.10 Å². The van der Waals surface area contributed by atoms with E-state index < -0.39 is 0 Å². The summed E-state index contributed by atoms with van der Waals surface area (Å²) in [6.07, 6.45) is 11.1. The van der Waals surface area contributed by atoms with Crippen LogP contribution in [-0.4, -0.2) is 47.8 Å². The zero-order valence-corrected chi connectivity index (χ0v) is 13.8. The van der Waals surface area contributed by atoms with Crippen LogP contribution in [0, 0.1) is 23.7 Å². The summed E-state index contributed by atoms with van der Waals surface area (Å²) in [5.74, 6) is 2.67. The molecule has 4 aliphatic heterocycles. The van der Waals surface area contributed by atoms with E-state index >= 15 is 0 Å². The zero-order chi connectivity index (χ0) is 15.1. The summed E-state index contributed by atoms with van der Waals surface area (Å²) >= 11 is 0. The molecule has 0 amide bonds. The molecule has 5 fully saturated rings. The molecular weight excluding hydrogens is 272 g/mol. The van der Waals surface area contributed by atoms with E-state index in [4.69, 9.17) is 0 Å². The highest BCUT2D eigenvalue weighted by Gasteiger charge is 2.46. The van der Waals surface area contributed by atoms with Crippen molar-refractivity contribution in [3.63, 3.8) is 0 Å². The van der Waals surface area contributed by atoms with Crippen LogP contribution < -0.4 is 5.32 Å². The Hall–Kier alpha value is -0.380. The lowest BCUT2D eigenvalue weighted by atomic mass is 9.66. The van der Waals surface area contributed by atoms with Gasteiger partial charge in [-0.2, -0.15) is 0 Å². The number of hydrogen-bond acceptors (Lipinski definition) is 3. The first kappa shape index (κ1) is 15.2. The van der Waals surface area contributed by atoms with Crippen LogP contribution in [0.15, 0.2) is 12.7 Å². The SMILES string of the molecule is C=CC1CN2CCC1CC2C(O)C1CCNC2CCCCC21. The summed E-state index contributed by atoms with van der Waals surface area (Å²) in [6.45, 7) is 7.45. The molecule has 5 aliphatic rings. The van der Waals surface area contributed by atoms with Gasteiger partial charge in [-0.25, -0.2) is 0 Å². The maximum absolute atomic E-state index is 11.2. The predicted molar refractivity (Wildman–Crippen MR) is 89.6 cm³/mol. The van der Waals surface area contributed by atoms with Crippen molar-refractivity contribution in [1.29, 1.82) is 0 Å². The van der Waals surface area contributed by atoms with Crippen molar-refractivity contribution in [2.24, 2.45) is 23.7 Å². The summed E-state index contributed by atoms with van der Waals surface area (Å²) in [4.78, 5) is 2.58. The van der Waals surface area contributed by atoms with Gasteiger partial charge in [0.05, 0.1) is 6.10 Å². The second-order valence-electron chi connectivity index (χ2n) is 8.20. The Morgan fingerprint density at radius 1 is 1.18 bits per heavy atom. The number of hydrogen-bond donors (Lipinski definition) is 2. The van der Waals surface area contributed by atoms with Crippen LogP contribution >= 0.6 is 0 Å². The first-order valence-electron chi connectivity index (χ1n) is 9.56. The minimum absolute atomic E-state index is 0.110. The fraction of sp³-hybridized carbons (Fsp3) is 0.895. The molecule has 8 atom stereocenters. The number of aliphatic hydroxyl groups excluding tert-OH is 1. The van der Waals surface area contributed by atoms with E-state index in [1.54, 1.807) is 0 Å². The van der Waals surface area contributed by atoms with Crippen LogP contribution in [0.4, 0.5) is 0 Å². The predicted octanol–water partition coefficient (Wildman–Crippen LogP) is 2.41. The molecule has 8 unspecified atom stereocenters. The van der Waals surface area contributed by atoms with Gasteiger partial charge in [0.25, 0.3) is 0 Å². The molecule has 5 rings (SSSR count). The molecular formula is C19H32N2O. The number of rotatable bonds is 3. The molecule has 0 aromatic carbocycles. The number of aliphatic hydroxyl groups is 1. The molecule has 0 spiro atoms. The lowest BCUT2D eigenvalue weighted by Crippen LogP contribution is -2.61. The maximum atomic E-state index is 11.2. The van der Waals surface area contributed by atoms with E-state index in [1.807, 2.05) is 0 Å². The van der Waals surface area contributed by atoms with Crippen molar-refractivity contribution in [2.45, 2.75) is 63.1 Å². The van der Waals surface area contributed by atoms with E-state index in [1.165, 1.54) is 51.5 Å².